The molecular formula is C14H19NO2. The maximum atomic E-state index is 11.5. The number of hydrogen-bond donors (Lipinski definition) is 1. The molecule has 1 atom stereocenters. The number of carboxylic acids is 1. The van der Waals surface area contributed by atoms with Crippen molar-refractivity contribution in [3.63, 3.8) is 0 Å². The molecule has 1 aliphatic carbocycles. The van der Waals surface area contributed by atoms with E-state index in [1.807, 2.05) is 42.3 Å². The molecule has 3 heteroatoms. The van der Waals surface area contributed by atoms with Crippen molar-refractivity contribution < 1.29 is 9.90 Å². The van der Waals surface area contributed by atoms with Crippen molar-refractivity contribution >= 4 is 5.97 Å². The van der Waals surface area contributed by atoms with Crippen LogP contribution in [-0.4, -0.2) is 29.1 Å². The first-order chi connectivity index (χ1) is 8.20. The van der Waals surface area contributed by atoms with Crippen LogP contribution in [0.1, 0.15) is 37.3 Å². The minimum absolute atomic E-state index is 0.413. The van der Waals surface area contributed by atoms with Crippen molar-refractivity contribution in [2.45, 2.75) is 37.8 Å². The zero-order valence-electron chi connectivity index (χ0n) is 10.2. The van der Waals surface area contributed by atoms with Crippen molar-refractivity contribution in [2.75, 3.05) is 7.05 Å². The topological polar surface area (TPSA) is 40.5 Å². The summed E-state index contributed by atoms with van der Waals surface area (Å²) >= 11 is 0. The van der Waals surface area contributed by atoms with Crippen LogP contribution in [0.3, 0.4) is 0 Å². The number of hydrogen-bond acceptors (Lipinski definition) is 2. The molecule has 1 aromatic carbocycles. The summed E-state index contributed by atoms with van der Waals surface area (Å²) < 4.78 is 0. The maximum absolute atomic E-state index is 11.5. The van der Waals surface area contributed by atoms with Gasteiger partial charge in [-0.15, -0.1) is 0 Å². The van der Waals surface area contributed by atoms with E-state index < -0.39 is 12.0 Å². The molecule has 0 radical (unpaired) electrons. The van der Waals surface area contributed by atoms with Gasteiger partial charge in [0, 0.05) is 6.04 Å². The molecular weight excluding hydrogens is 214 g/mol. The first-order valence-corrected chi connectivity index (χ1v) is 6.20. The average molecular weight is 233 g/mol. The van der Waals surface area contributed by atoms with Crippen LogP contribution in [0.2, 0.25) is 0 Å². The molecule has 0 aliphatic heterocycles. The smallest absolute Gasteiger partial charge is 0.325 e. The fourth-order valence-electron chi connectivity index (χ4n) is 2.71. The third kappa shape index (κ3) is 2.67. The Morgan fingerprint density at radius 2 is 1.88 bits per heavy atom. The van der Waals surface area contributed by atoms with E-state index in [-0.39, 0.29) is 0 Å². The van der Waals surface area contributed by atoms with Gasteiger partial charge in [-0.05, 0) is 25.5 Å². The monoisotopic (exact) mass is 233 g/mol. The highest BCUT2D eigenvalue weighted by atomic mass is 16.4. The molecule has 17 heavy (non-hydrogen) atoms. The lowest BCUT2D eigenvalue weighted by Gasteiger charge is -2.30. The first kappa shape index (κ1) is 12.1. The summed E-state index contributed by atoms with van der Waals surface area (Å²) in [6, 6.07) is 9.39. The van der Waals surface area contributed by atoms with E-state index in [1.54, 1.807) is 0 Å². The Kier molecular flexibility index (Phi) is 3.79. The van der Waals surface area contributed by atoms with Crippen LogP contribution in [0.5, 0.6) is 0 Å². The molecule has 1 saturated carbocycles. The summed E-state index contributed by atoms with van der Waals surface area (Å²) in [4.78, 5) is 13.5. The molecule has 1 N–H and O–H groups in total. The van der Waals surface area contributed by atoms with Gasteiger partial charge in [0.2, 0.25) is 0 Å². The number of benzene rings is 1. The lowest BCUT2D eigenvalue weighted by molar-refractivity contribution is -0.144. The van der Waals surface area contributed by atoms with Crippen LogP contribution < -0.4 is 0 Å². The van der Waals surface area contributed by atoms with Crippen LogP contribution >= 0.6 is 0 Å². The summed E-state index contributed by atoms with van der Waals surface area (Å²) in [5.41, 5.74) is 0.870. The van der Waals surface area contributed by atoms with E-state index in [2.05, 4.69) is 0 Å². The highest BCUT2D eigenvalue weighted by molar-refractivity contribution is 5.75. The maximum Gasteiger partial charge on any atom is 0.325 e. The molecule has 3 nitrogen and oxygen atoms in total. The highest BCUT2D eigenvalue weighted by Gasteiger charge is 2.31. The molecule has 0 aromatic heterocycles. The molecule has 0 saturated heterocycles. The fraction of sp³-hybridized carbons (Fsp3) is 0.500. The van der Waals surface area contributed by atoms with Gasteiger partial charge in [-0.1, -0.05) is 43.2 Å². The Labute approximate surface area is 102 Å². The van der Waals surface area contributed by atoms with Crippen LogP contribution in [0.25, 0.3) is 0 Å². The second-order valence-corrected chi connectivity index (χ2v) is 4.76. The minimum atomic E-state index is -0.759. The summed E-state index contributed by atoms with van der Waals surface area (Å²) in [6.45, 7) is 0. The Hall–Kier alpha value is -1.35. The van der Waals surface area contributed by atoms with E-state index in [9.17, 15) is 9.90 Å². The van der Waals surface area contributed by atoms with Crippen LogP contribution in [0.15, 0.2) is 30.3 Å². The predicted octanol–water partition coefficient (Wildman–Crippen LogP) is 2.69. The molecule has 2 rings (SSSR count). The average Bonchev–Trinajstić information content (AvgIpc) is 2.83. The predicted molar refractivity (Wildman–Crippen MR) is 66.8 cm³/mol. The fourth-order valence-corrected chi connectivity index (χ4v) is 2.71. The second-order valence-electron chi connectivity index (χ2n) is 4.76. The summed E-state index contributed by atoms with van der Waals surface area (Å²) in [5, 5.41) is 9.42. The molecule has 1 aliphatic rings. The summed E-state index contributed by atoms with van der Waals surface area (Å²) in [6.07, 6.45) is 4.67. The second kappa shape index (κ2) is 5.32. The van der Waals surface area contributed by atoms with Gasteiger partial charge in [-0.25, -0.2) is 0 Å². The molecule has 0 amide bonds. The van der Waals surface area contributed by atoms with Gasteiger partial charge in [-0.2, -0.15) is 0 Å². The number of aliphatic carboxylic acids is 1. The number of nitrogens with zero attached hydrogens (tertiary/aromatic N) is 1. The number of carbonyl (C=O) groups is 1. The third-order valence-corrected chi connectivity index (χ3v) is 3.66. The van der Waals surface area contributed by atoms with Crippen LogP contribution in [-0.2, 0) is 4.79 Å². The quantitative estimate of drug-likeness (QED) is 0.869. The number of likely N-dealkylation sites (N-methyl/N-ethyl adjacent to an activating group) is 1. The minimum Gasteiger partial charge on any atom is -0.480 e. The lowest BCUT2D eigenvalue weighted by atomic mass is 10.0. The normalized spacial score (nSPS) is 18.5. The van der Waals surface area contributed by atoms with E-state index in [4.69, 9.17) is 0 Å². The van der Waals surface area contributed by atoms with E-state index >= 15 is 0 Å². The van der Waals surface area contributed by atoms with E-state index in [0.717, 1.165) is 18.4 Å². The van der Waals surface area contributed by atoms with Crippen LogP contribution in [0, 0.1) is 0 Å². The third-order valence-electron chi connectivity index (χ3n) is 3.66. The molecule has 0 spiro atoms. The van der Waals surface area contributed by atoms with Crippen molar-refractivity contribution in [2.24, 2.45) is 0 Å². The summed E-state index contributed by atoms with van der Waals surface area (Å²) in [5.74, 6) is -0.759. The zero-order chi connectivity index (χ0) is 12.3. The Morgan fingerprint density at radius 1 is 1.29 bits per heavy atom. The van der Waals surface area contributed by atoms with Crippen molar-refractivity contribution in [3.8, 4) is 0 Å². The van der Waals surface area contributed by atoms with Gasteiger partial charge >= 0.3 is 5.97 Å². The molecule has 0 bridgehead atoms. The number of rotatable bonds is 4. The van der Waals surface area contributed by atoms with Crippen LogP contribution in [0.4, 0.5) is 0 Å². The molecule has 0 heterocycles. The van der Waals surface area contributed by atoms with Gasteiger partial charge in [0.1, 0.15) is 6.04 Å². The Morgan fingerprint density at radius 3 is 2.41 bits per heavy atom. The zero-order valence-corrected chi connectivity index (χ0v) is 10.2. The molecule has 1 fully saturated rings. The molecule has 1 aromatic rings. The van der Waals surface area contributed by atoms with Crippen molar-refractivity contribution in [1.82, 2.24) is 4.90 Å². The lowest BCUT2D eigenvalue weighted by Crippen LogP contribution is -2.37. The highest BCUT2D eigenvalue weighted by Crippen LogP contribution is 2.29. The standard InChI is InChI=1S/C14H19NO2/c1-15(12-9-5-6-10-12)13(14(16)17)11-7-3-2-4-8-11/h2-4,7-8,12-13H,5-6,9-10H2,1H3,(H,16,17). The molecule has 92 valence electrons. The Bertz CT molecular complexity index is 371. The van der Waals surface area contributed by atoms with Gasteiger partial charge in [-0.3, -0.25) is 9.69 Å². The van der Waals surface area contributed by atoms with E-state index in [1.165, 1.54) is 12.8 Å². The van der Waals surface area contributed by atoms with Gasteiger partial charge < -0.3 is 5.11 Å². The van der Waals surface area contributed by atoms with Gasteiger partial charge in [0.25, 0.3) is 0 Å². The van der Waals surface area contributed by atoms with Crippen molar-refractivity contribution in [1.29, 1.82) is 0 Å². The van der Waals surface area contributed by atoms with E-state index in [0.29, 0.717) is 6.04 Å². The first-order valence-electron chi connectivity index (χ1n) is 6.20. The Balaban J connectivity index is 2.20. The summed E-state index contributed by atoms with van der Waals surface area (Å²) in [7, 11) is 1.93. The SMILES string of the molecule is CN(C1CCCC1)C(C(=O)O)c1ccccc1. The van der Waals surface area contributed by atoms with Gasteiger partial charge in [0.05, 0.1) is 0 Å². The molecule has 1 unspecified atom stereocenters. The largest absolute Gasteiger partial charge is 0.480 e. The van der Waals surface area contributed by atoms with Crippen molar-refractivity contribution in [3.05, 3.63) is 35.9 Å². The van der Waals surface area contributed by atoms with Gasteiger partial charge in [0.15, 0.2) is 0 Å². The number of carboxylic acid groups (broad SMARTS) is 1.